The number of carbonyl (C=O) groups is 1. The van der Waals surface area contributed by atoms with Gasteiger partial charge in [-0.05, 0) is 30.3 Å². The highest BCUT2D eigenvalue weighted by Crippen LogP contribution is 2.23. The average Bonchev–Trinajstić information content (AvgIpc) is 2.47. The van der Waals surface area contributed by atoms with Crippen molar-refractivity contribution in [1.82, 2.24) is 0 Å². The van der Waals surface area contributed by atoms with Gasteiger partial charge in [-0.1, -0.05) is 12.1 Å². The van der Waals surface area contributed by atoms with E-state index in [0.29, 0.717) is 11.4 Å². The zero-order valence-corrected chi connectivity index (χ0v) is 11.2. The van der Waals surface area contributed by atoms with E-state index in [9.17, 15) is 9.18 Å². The number of anilines is 1. The van der Waals surface area contributed by atoms with E-state index >= 15 is 0 Å². The van der Waals surface area contributed by atoms with Crippen molar-refractivity contribution in [2.24, 2.45) is 0 Å². The molecule has 0 fully saturated rings. The summed E-state index contributed by atoms with van der Waals surface area (Å²) in [5.41, 5.74) is 0.202. The van der Waals surface area contributed by atoms with Gasteiger partial charge in [0.15, 0.2) is 0 Å². The highest BCUT2D eigenvalue weighted by atomic mass is 19.1. The minimum absolute atomic E-state index is 0.102. The van der Waals surface area contributed by atoms with Crippen LogP contribution in [-0.4, -0.2) is 30.2 Å². The van der Waals surface area contributed by atoms with Gasteiger partial charge in [0, 0.05) is 11.0 Å². The molecular formula is C14H13BFNO4. The van der Waals surface area contributed by atoms with Crippen LogP contribution in [0.3, 0.4) is 0 Å². The summed E-state index contributed by atoms with van der Waals surface area (Å²) in [6, 6.07) is 10.2. The lowest BCUT2D eigenvalue weighted by atomic mass is 9.79. The fourth-order valence-corrected chi connectivity index (χ4v) is 1.83. The van der Waals surface area contributed by atoms with Crippen LogP contribution in [0.1, 0.15) is 10.4 Å². The molecule has 108 valence electrons. The lowest BCUT2D eigenvalue weighted by Crippen LogP contribution is -2.33. The summed E-state index contributed by atoms with van der Waals surface area (Å²) in [6.45, 7) is 0. The lowest BCUT2D eigenvalue weighted by Gasteiger charge is -2.10. The molecule has 3 N–H and O–H groups in total. The molecule has 0 atom stereocenters. The quantitative estimate of drug-likeness (QED) is 0.726. The van der Waals surface area contributed by atoms with Crippen LogP contribution in [0, 0.1) is 5.82 Å². The maximum absolute atomic E-state index is 13.4. The Morgan fingerprint density at radius 2 is 1.95 bits per heavy atom. The third-order valence-electron chi connectivity index (χ3n) is 2.89. The number of para-hydroxylation sites is 2. The molecule has 0 radical (unpaired) electrons. The van der Waals surface area contributed by atoms with Gasteiger partial charge in [0.2, 0.25) is 0 Å². The molecule has 0 spiro atoms. The maximum atomic E-state index is 13.4. The van der Waals surface area contributed by atoms with Crippen LogP contribution < -0.4 is 15.5 Å². The van der Waals surface area contributed by atoms with Gasteiger partial charge in [-0.3, -0.25) is 4.79 Å². The highest BCUT2D eigenvalue weighted by Gasteiger charge is 2.19. The second kappa shape index (κ2) is 6.38. The molecule has 0 bridgehead atoms. The largest absolute Gasteiger partial charge is 0.495 e. The fourth-order valence-electron chi connectivity index (χ4n) is 1.83. The number of amides is 1. The Kier molecular flexibility index (Phi) is 4.57. The number of ether oxygens (including phenoxy) is 1. The molecule has 2 aromatic rings. The van der Waals surface area contributed by atoms with Crippen LogP contribution in [0.5, 0.6) is 5.75 Å². The smallest absolute Gasteiger partial charge is 0.491 e. The van der Waals surface area contributed by atoms with Crippen molar-refractivity contribution in [2.45, 2.75) is 0 Å². The van der Waals surface area contributed by atoms with E-state index in [1.54, 1.807) is 24.3 Å². The van der Waals surface area contributed by atoms with Crippen LogP contribution >= 0.6 is 0 Å². The monoisotopic (exact) mass is 289 g/mol. The van der Waals surface area contributed by atoms with Crippen molar-refractivity contribution in [2.75, 3.05) is 12.4 Å². The van der Waals surface area contributed by atoms with E-state index in [2.05, 4.69) is 5.32 Å². The standard InChI is InChI=1S/C14H13BFNO4/c1-21-13-5-3-2-4-12(13)17-14(18)9-6-7-11(16)10(8-9)15(19)20/h2-8,19-20H,1H3,(H,17,18). The summed E-state index contributed by atoms with van der Waals surface area (Å²) in [4.78, 5) is 12.1. The Balaban J connectivity index is 2.26. The number of hydrogen-bond acceptors (Lipinski definition) is 4. The molecule has 2 aromatic carbocycles. The molecule has 0 aliphatic heterocycles. The van der Waals surface area contributed by atoms with E-state index in [1.165, 1.54) is 13.2 Å². The first kappa shape index (κ1) is 15.0. The van der Waals surface area contributed by atoms with Gasteiger partial charge >= 0.3 is 7.12 Å². The molecule has 0 heterocycles. The first-order valence-corrected chi connectivity index (χ1v) is 6.13. The molecule has 0 aromatic heterocycles. The summed E-state index contributed by atoms with van der Waals surface area (Å²) in [5, 5.41) is 20.7. The molecule has 21 heavy (non-hydrogen) atoms. The zero-order valence-electron chi connectivity index (χ0n) is 11.2. The van der Waals surface area contributed by atoms with Crippen molar-refractivity contribution in [3.63, 3.8) is 0 Å². The SMILES string of the molecule is COc1ccccc1NC(=O)c1ccc(F)c(B(O)O)c1. The lowest BCUT2D eigenvalue weighted by molar-refractivity contribution is 0.102. The van der Waals surface area contributed by atoms with E-state index in [0.717, 1.165) is 12.1 Å². The fraction of sp³-hybridized carbons (Fsp3) is 0.0714. The van der Waals surface area contributed by atoms with Crippen LogP contribution in [0.4, 0.5) is 10.1 Å². The first-order valence-electron chi connectivity index (χ1n) is 6.13. The van der Waals surface area contributed by atoms with Gasteiger partial charge in [-0.15, -0.1) is 0 Å². The topological polar surface area (TPSA) is 78.8 Å². The molecule has 5 nitrogen and oxygen atoms in total. The second-order valence-electron chi connectivity index (χ2n) is 4.26. The predicted octanol–water partition coefficient (Wildman–Crippen LogP) is 0.766. The highest BCUT2D eigenvalue weighted by molar-refractivity contribution is 6.58. The van der Waals surface area contributed by atoms with Gasteiger partial charge in [-0.25, -0.2) is 4.39 Å². The van der Waals surface area contributed by atoms with Crippen LogP contribution in [0.15, 0.2) is 42.5 Å². The normalized spacial score (nSPS) is 10.1. The van der Waals surface area contributed by atoms with Gasteiger partial charge in [0.1, 0.15) is 11.6 Å². The zero-order chi connectivity index (χ0) is 15.4. The van der Waals surface area contributed by atoms with Crippen LogP contribution in [-0.2, 0) is 0 Å². The molecule has 0 saturated heterocycles. The van der Waals surface area contributed by atoms with Crippen molar-refractivity contribution >= 4 is 24.2 Å². The predicted molar refractivity (Wildman–Crippen MR) is 77.2 cm³/mol. The van der Waals surface area contributed by atoms with Crippen molar-refractivity contribution in [3.05, 3.63) is 53.8 Å². The van der Waals surface area contributed by atoms with Gasteiger partial charge < -0.3 is 20.1 Å². The minimum atomic E-state index is -1.98. The molecule has 0 aliphatic carbocycles. The van der Waals surface area contributed by atoms with Crippen molar-refractivity contribution < 1.29 is 24.0 Å². The van der Waals surface area contributed by atoms with Gasteiger partial charge in [-0.2, -0.15) is 0 Å². The van der Waals surface area contributed by atoms with Crippen LogP contribution in [0.2, 0.25) is 0 Å². The summed E-state index contributed by atoms with van der Waals surface area (Å²) >= 11 is 0. The number of rotatable bonds is 4. The van der Waals surface area contributed by atoms with E-state index in [1.807, 2.05) is 0 Å². The van der Waals surface area contributed by atoms with Gasteiger partial charge in [0.05, 0.1) is 12.8 Å². The molecule has 7 heteroatoms. The Labute approximate surface area is 121 Å². The summed E-state index contributed by atoms with van der Waals surface area (Å²) in [6.07, 6.45) is 0. The number of methoxy groups -OCH3 is 1. The molecule has 1 amide bonds. The van der Waals surface area contributed by atoms with Gasteiger partial charge in [0.25, 0.3) is 5.91 Å². The number of benzene rings is 2. The summed E-state index contributed by atoms with van der Waals surface area (Å²) in [7, 11) is -0.507. The average molecular weight is 289 g/mol. The minimum Gasteiger partial charge on any atom is -0.495 e. The first-order chi connectivity index (χ1) is 10.0. The number of hydrogen-bond donors (Lipinski definition) is 3. The van der Waals surface area contributed by atoms with E-state index in [4.69, 9.17) is 14.8 Å². The Morgan fingerprint density at radius 3 is 2.62 bits per heavy atom. The Morgan fingerprint density at radius 1 is 1.24 bits per heavy atom. The van der Waals surface area contributed by atoms with E-state index in [-0.39, 0.29) is 11.0 Å². The molecular weight excluding hydrogens is 276 g/mol. The number of nitrogens with one attached hydrogen (secondary N) is 1. The molecule has 2 rings (SSSR count). The molecule has 0 aliphatic rings. The molecule has 0 saturated carbocycles. The second-order valence-corrected chi connectivity index (χ2v) is 4.26. The maximum Gasteiger partial charge on any atom is 0.491 e. The Hall–Kier alpha value is -2.38. The molecule has 0 unspecified atom stereocenters. The number of carbonyl (C=O) groups excluding carboxylic acids is 1. The third kappa shape index (κ3) is 3.39. The Bertz CT molecular complexity index is 663. The summed E-state index contributed by atoms with van der Waals surface area (Å²) in [5.74, 6) is -0.824. The van der Waals surface area contributed by atoms with E-state index < -0.39 is 18.8 Å². The van der Waals surface area contributed by atoms with Crippen molar-refractivity contribution in [3.8, 4) is 5.75 Å². The van der Waals surface area contributed by atoms with Crippen LogP contribution in [0.25, 0.3) is 0 Å². The van der Waals surface area contributed by atoms with Crippen molar-refractivity contribution in [1.29, 1.82) is 0 Å². The number of halogens is 1. The third-order valence-corrected chi connectivity index (χ3v) is 2.89. The summed E-state index contributed by atoms with van der Waals surface area (Å²) < 4.78 is 18.5.